The first-order valence-electron chi connectivity index (χ1n) is 7.09. The maximum absolute atomic E-state index is 12.8. The summed E-state index contributed by atoms with van der Waals surface area (Å²) in [4.78, 5) is 37.3. The standard InChI is InChI=1S/C15H15BrN2O4/c16-10-4-8(3-9(5-10)15(21)22)14(20)18-11-1-2-12(18)7-17-13(19)6-11/h3-5,11-12H,1-2,6-7H2,(H,17,19)(H,21,22). The van der Waals surface area contributed by atoms with Gasteiger partial charge in [0.1, 0.15) is 0 Å². The molecule has 2 aliphatic rings. The number of carboxylic acid groups (broad SMARTS) is 1. The molecule has 116 valence electrons. The average Bonchev–Trinajstić information content (AvgIpc) is 2.77. The number of carboxylic acids is 1. The zero-order chi connectivity index (χ0) is 15.9. The van der Waals surface area contributed by atoms with E-state index in [9.17, 15) is 14.4 Å². The van der Waals surface area contributed by atoms with E-state index in [1.54, 1.807) is 11.0 Å². The van der Waals surface area contributed by atoms with E-state index in [0.717, 1.165) is 12.8 Å². The first kappa shape index (κ1) is 15.0. The van der Waals surface area contributed by atoms with Crippen LogP contribution in [0.4, 0.5) is 0 Å². The van der Waals surface area contributed by atoms with Crippen molar-refractivity contribution in [3.63, 3.8) is 0 Å². The highest BCUT2D eigenvalue weighted by atomic mass is 79.9. The van der Waals surface area contributed by atoms with E-state index in [1.165, 1.54) is 12.1 Å². The zero-order valence-electron chi connectivity index (χ0n) is 11.7. The number of benzene rings is 1. The van der Waals surface area contributed by atoms with Crippen molar-refractivity contribution < 1.29 is 19.5 Å². The number of aromatic carboxylic acids is 1. The number of nitrogens with zero attached hydrogens (tertiary/aromatic N) is 1. The minimum atomic E-state index is -1.08. The number of rotatable bonds is 2. The van der Waals surface area contributed by atoms with Gasteiger partial charge in [0.25, 0.3) is 5.91 Å². The molecule has 2 amide bonds. The van der Waals surface area contributed by atoms with E-state index in [4.69, 9.17) is 5.11 Å². The van der Waals surface area contributed by atoms with Crippen LogP contribution >= 0.6 is 15.9 Å². The van der Waals surface area contributed by atoms with Crippen LogP contribution in [-0.4, -0.2) is 46.4 Å². The molecule has 0 spiro atoms. The van der Waals surface area contributed by atoms with Crippen molar-refractivity contribution in [1.29, 1.82) is 0 Å². The molecule has 0 radical (unpaired) electrons. The highest BCUT2D eigenvalue weighted by molar-refractivity contribution is 9.10. The summed E-state index contributed by atoms with van der Waals surface area (Å²) in [6.07, 6.45) is 1.97. The third kappa shape index (κ3) is 2.72. The van der Waals surface area contributed by atoms with E-state index in [-0.39, 0.29) is 29.5 Å². The van der Waals surface area contributed by atoms with Crippen molar-refractivity contribution in [3.8, 4) is 0 Å². The summed E-state index contributed by atoms with van der Waals surface area (Å²) >= 11 is 3.24. The zero-order valence-corrected chi connectivity index (χ0v) is 13.3. The fraction of sp³-hybridized carbons (Fsp3) is 0.400. The molecule has 1 aromatic rings. The van der Waals surface area contributed by atoms with Crippen LogP contribution in [0.1, 0.15) is 40.0 Å². The summed E-state index contributed by atoms with van der Waals surface area (Å²) in [6, 6.07) is 4.34. The normalized spacial score (nSPS) is 23.9. The van der Waals surface area contributed by atoms with Crippen LogP contribution in [0, 0.1) is 0 Å². The number of hydrogen-bond acceptors (Lipinski definition) is 3. The van der Waals surface area contributed by atoms with E-state index in [1.807, 2.05) is 0 Å². The molecule has 2 saturated heterocycles. The smallest absolute Gasteiger partial charge is 0.335 e. The van der Waals surface area contributed by atoms with Gasteiger partial charge in [-0.25, -0.2) is 4.79 Å². The minimum absolute atomic E-state index is 0.0174. The number of carbonyl (C=O) groups is 3. The maximum Gasteiger partial charge on any atom is 0.335 e. The van der Waals surface area contributed by atoms with Gasteiger partial charge < -0.3 is 15.3 Å². The van der Waals surface area contributed by atoms with Gasteiger partial charge in [-0.15, -0.1) is 0 Å². The third-order valence-electron chi connectivity index (χ3n) is 4.20. The first-order valence-corrected chi connectivity index (χ1v) is 7.88. The molecule has 3 rings (SSSR count). The molecule has 0 aromatic heterocycles. The molecule has 2 N–H and O–H groups in total. The van der Waals surface area contributed by atoms with Crippen LogP contribution in [0.2, 0.25) is 0 Å². The number of carbonyl (C=O) groups excluding carboxylic acids is 2. The number of nitrogens with one attached hydrogen (secondary N) is 1. The number of fused-ring (bicyclic) bond motifs is 2. The Balaban J connectivity index is 1.94. The molecule has 2 heterocycles. The van der Waals surface area contributed by atoms with E-state index < -0.39 is 5.97 Å². The van der Waals surface area contributed by atoms with Crippen molar-refractivity contribution in [3.05, 3.63) is 33.8 Å². The molecule has 2 unspecified atom stereocenters. The molecule has 0 aliphatic carbocycles. The molecule has 7 heteroatoms. The van der Waals surface area contributed by atoms with Crippen LogP contribution in [0.5, 0.6) is 0 Å². The van der Waals surface area contributed by atoms with Crippen LogP contribution in [-0.2, 0) is 4.79 Å². The summed E-state index contributed by atoms with van der Waals surface area (Å²) in [5, 5.41) is 11.9. The van der Waals surface area contributed by atoms with Gasteiger partial charge in [0, 0.05) is 35.1 Å². The molecule has 1 aromatic carbocycles. The molecule has 2 fully saturated rings. The Kier molecular flexibility index (Phi) is 3.90. The molecule has 2 aliphatic heterocycles. The predicted octanol–water partition coefficient (Wildman–Crippen LogP) is 1.64. The number of hydrogen-bond donors (Lipinski definition) is 2. The molecule has 2 atom stereocenters. The van der Waals surface area contributed by atoms with Crippen molar-refractivity contribution in [2.24, 2.45) is 0 Å². The van der Waals surface area contributed by atoms with E-state index in [0.29, 0.717) is 23.0 Å². The monoisotopic (exact) mass is 366 g/mol. The highest BCUT2D eigenvalue weighted by Crippen LogP contribution is 2.30. The Hall–Kier alpha value is -1.89. The Morgan fingerprint density at radius 1 is 1.18 bits per heavy atom. The summed E-state index contributed by atoms with van der Waals surface area (Å²) in [5.74, 6) is -1.33. The van der Waals surface area contributed by atoms with Crippen molar-refractivity contribution >= 4 is 33.7 Å². The van der Waals surface area contributed by atoms with Gasteiger partial charge in [-0.05, 0) is 31.0 Å². The lowest BCUT2D eigenvalue weighted by Gasteiger charge is -2.27. The van der Waals surface area contributed by atoms with Gasteiger partial charge in [-0.3, -0.25) is 9.59 Å². The Morgan fingerprint density at radius 3 is 2.59 bits per heavy atom. The molecular formula is C15H15BrN2O4. The van der Waals surface area contributed by atoms with Crippen LogP contribution < -0.4 is 5.32 Å². The lowest BCUT2D eigenvalue weighted by atomic mass is 10.1. The second-order valence-corrected chi connectivity index (χ2v) is 6.56. The van der Waals surface area contributed by atoms with Gasteiger partial charge in [-0.2, -0.15) is 0 Å². The quantitative estimate of drug-likeness (QED) is 0.832. The fourth-order valence-electron chi connectivity index (χ4n) is 3.20. The minimum Gasteiger partial charge on any atom is -0.478 e. The van der Waals surface area contributed by atoms with Crippen molar-refractivity contribution in [2.45, 2.75) is 31.3 Å². The Bertz CT molecular complexity index is 661. The van der Waals surface area contributed by atoms with Crippen LogP contribution in [0.25, 0.3) is 0 Å². The lowest BCUT2D eigenvalue weighted by molar-refractivity contribution is -0.121. The summed E-state index contributed by atoms with van der Waals surface area (Å²) in [7, 11) is 0. The van der Waals surface area contributed by atoms with Crippen molar-refractivity contribution in [2.75, 3.05) is 6.54 Å². The first-order chi connectivity index (χ1) is 10.5. The molecule has 6 nitrogen and oxygen atoms in total. The fourth-order valence-corrected chi connectivity index (χ4v) is 3.69. The van der Waals surface area contributed by atoms with Crippen LogP contribution in [0.3, 0.4) is 0 Å². The summed E-state index contributed by atoms with van der Waals surface area (Å²) in [5.41, 5.74) is 0.395. The van der Waals surface area contributed by atoms with Gasteiger partial charge in [-0.1, -0.05) is 15.9 Å². The Morgan fingerprint density at radius 2 is 1.86 bits per heavy atom. The average molecular weight is 367 g/mol. The second kappa shape index (κ2) is 5.72. The van der Waals surface area contributed by atoms with Gasteiger partial charge in [0.05, 0.1) is 5.56 Å². The van der Waals surface area contributed by atoms with Crippen LogP contribution in [0.15, 0.2) is 22.7 Å². The van der Waals surface area contributed by atoms with Gasteiger partial charge in [0.15, 0.2) is 0 Å². The second-order valence-electron chi connectivity index (χ2n) is 5.64. The van der Waals surface area contributed by atoms with E-state index >= 15 is 0 Å². The topological polar surface area (TPSA) is 86.7 Å². The maximum atomic E-state index is 12.8. The summed E-state index contributed by atoms with van der Waals surface area (Å²) < 4.78 is 0.548. The SMILES string of the molecule is O=C1CC2CCC(CN1)N2C(=O)c1cc(Br)cc(C(=O)O)c1. The molecular weight excluding hydrogens is 352 g/mol. The van der Waals surface area contributed by atoms with Gasteiger partial charge >= 0.3 is 5.97 Å². The largest absolute Gasteiger partial charge is 0.478 e. The predicted molar refractivity (Wildman–Crippen MR) is 81.7 cm³/mol. The van der Waals surface area contributed by atoms with Gasteiger partial charge in [0.2, 0.25) is 5.91 Å². The molecule has 2 bridgehead atoms. The highest BCUT2D eigenvalue weighted by Gasteiger charge is 2.40. The number of halogens is 1. The Labute approximate surface area is 135 Å². The van der Waals surface area contributed by atoms with E-state index in [2.05, 4.69) is 21.2 Å². The van der Waals surface area contributed by atoms with Crippen molar-refractivity contribution in [1.82, 2.24) is 10.2 Å². The number of amides is 2. The lowest BCUT2D eigenvalue weighted by Crippen LogP contribution is -2.42. The molecule has 22 heavy (non-hydrogen) atoms. The summed E-state index contributed by atoms with van der Waals surface area (Å²) in [6.45, 7) is 0.459. The molecule has 0 saturated carbocycles. The third-order valence-corrected chi connectivity index (χ3v) is 4.66.